The maximum atomic E-state index is 7.75. The SMILES string of the molecule is c1ccc([Si]2(c3ccccc3)c3ccccc3N(c3ccc4c(c3)Oc3cc(N5c6ccccc6[Si](c6ccccc6)(c6ccccc6)c6ccccc65)cc5c3B4c3ccc(N4c6ccccc6[Si](c6ccccc6)(c6ccccc6)c6ccccc64)cc3S5)c3ccccc32)cc1. The first-order valence-electron chi connectivity index (χ1n) is 34.3. The number of hydrogen-bond donors (Lipinski definition) is 0. The molecule has 0 saturated heterocycles. The lowest BCUT2D eigenvalue weighted by Gasteiger charge is -2.45. The third kappa shape index (κ3) is 8.33. The normalized spacial score (nSPS) is 14.9. The van der Waals surface area contributed by atoms with E-state index in [2.05, 4.69) is 391 Å². The molecule has 4 nitrogen and oxygen atoms in total. The Morgan fingerprint density at radius 1 is 0.232 bits per heavy atom. The van der Waals surface area contributed by atoms with E-state index < -0.39 is 24.2 Å². The number of para-hydroxylation sites is 6. The van der Waals surface area contributed by atoms with Crippen molar-refractivity contribution in [3.05, 3.63) is 376 Å². The summed E-state index contributed by atoms with van der Waals surface area (Å²) in [6, 6.07) is 142. The van der Waals surface area contributed by atoms with Crippen LogP contribution in [-0.2, 0) is 0 Å². The quantitative estimate of drug-likeness (QED) is 0.134. The number of anilines is 9. The molecule has 0 unspecified atom stereocenters. The van der Waals surface area contributed by atoms with Crippen LogP contribution >= 0.6 is 11.8 Å². The van der Waals surface area contributed by atoms with E-state index in [0.29, 0.717) is 0 Å². The average Bonchev–Trinajstić information content (AvgIpc) is 0.708. The van der Waals surface area contributed by atoms with Crippen molar-refractivity contribution < 1.29 is 4.74 Å². The Morgan fingerprint density at radius 3 is 0.828 bits per heavy atom. The van der Waals surface area contributed by atoms with Gasteiger partial charge in [-0.25, -0.2) is 0 Å². The van der Waals surface area contributed by atoms with Crippen molar-refractivity contribution in [1.29, 1.82) is 0 Å². The van der Waals surface area contributed by atoms with Gasteiger partial charge in [0.25, 0.3) is 6.71 Å². The lowest BCUT2D eigenvalue weighted by molar-refractivity contribution is 0.486. The van der Waals surface area contributed by atoms with Crippen molar-refractivity contribution in [2.45, 2.75) is 9.79 Å². The highest BCUT2D eigenvalue weighted by Gasteiger charge is 2.53. The molecule has 99 heavy (non-hydrogen) atoms. The molecule has 0 bridgehead atoms. The summed E-state index contributed by atoms with van der Waals surface area (Å²) in [6.07, 6.45) is 0. The number of rotatable bonds is 9. The Labute approximate surface area is 585 Å². The predicted octanol–water partition coefficient (Wildman–Crippen LogP) is 12.3. The van der Waals surface area contributed by atoms with Gasteiger partial charge in [-0.3, -0.25) is 0 Å². The molecule has 5 heterocycles. The maximum absolute atomic E-state index is 7.75. The van der Waals surface area contributed by atoms with Gasteiger partial charge in [0.2, 0.25) is 0 Å². The van der Waals surface area contributed by atoms with E-state index in [1.807, 2.05) is 11.8 Å². The standard InChI is InChI=1S/C90H62BN3OSSi3/c1-7-31-66(32-8-1)97(67-33-9-2-10-34-67)84-49-25-19-43-74(84)92(75-44-20-26-50-85(75)97)63-55-57-72-80(59-63)95-81-60-65(94-78-47-23-29-53-88(78)99(70-39-15-5-16-40-70,71-41-17-6-18-42-71)89-54-30-24-48-79(89)94)62-83-90(81)91(72)73-58-56-64(61-82(73)96-83)93-76-45-21-27-51-86(76)98(68-35-11-3-12-36-68,69-37-13-4-14-38-69)87-52-28-22-46-77(87)93/h1-62H. The van der Waals surface area contributed by atoms with E-state index in [1.165, 1.54) is 117 Å². The van der Waals surface area contributed by atoms with Crippen LogP contribution in [0.2, 0.25) is 0 Å². The summed E-state index contributed by atoms with van der Waals surface area (Å²) in [7, 11) is -8.66. The molecule has 15 aromatic carbocycles. The molecule has 464 valence electrons. The van der Waals surface area contributed by atoms with Crippen molar-refractivity contribution >= 4 is 173 Å². The van der Waals surface area contributed by atoms with E-state index in [4.69, 9.17) is 4.74 Å². The largest absolute Gasteiger partial charge is 0.458 e. The van der Waals surface area contributed by atoms with Crippen LogP contribution in [-0.4, -0.2) is 30.9 Å². The molecular weight excluding hydrogens is 1270 g/mol. The molecule has 0 N–H and O–H groups in total. The molecule has 0 spiro atoms. The van der Waals surface area contributed by atoms with Gasteiger partial charge in [-0.2, -0.15) is 0 Å². The van der Waals surface area contributed by atoms with Gasteiger partial charge in [-0.05, 0) is 134 Å². The zero-order valence-electron chi connectivity index (χ0n) is 54.0. The van der Waals surface area contributed by atoms with E-state index in [1.54, 1.807) is 0 Å². The highest BCUT2D eigenvalue weighted by Crippen LogP contribution is 2.48. The first-order valence-corrected chi connectivity index (χ1v) is 41.1. The summed E-state index contributed by atoms with van der Waals surface area (Å²) in [5, 5.41) is 16.4. The van der Waals surface area contributed by atoms with E-state index >= 15 is 0 Å². The Morgan fingerprint density at radius 2 is 0.495 bits per heavy atom. The summed E-state index contributed by atoms with van der Waals surface area (Å²) < 4.78 is 7.75. The van der Waals surface area contributed by atoms with Crippen LogP contribution in [0.1, 0.15) is 0 Å². The molecule has 20 rings (SSSR count). The van der Waals surface area contributed by atoms with Crippen LogP contribution in [0.4, 0.5) is 51.2 Å². The third-order valence-corrected chi connectivity index (χ3v) is 37.5. The zero-order valence-corrected chi connectivity index (χ0v) is 57.8. The summed E-state index contributed by atoms with van der Waals surface area (Å²) in [6.45, 7) is -0.140. The van der Waals surface area contributed by atoms with E-state index in [9.17, 15) is 0 Å². The molecule has 0 amide bonds. The number of ether oxygens (including phenoxy) is 1. The summed E-state index contributed by atoms with van der Waals surface area (Å²) in [5.41, 5.74) is 14.0. The molecule has 5 aliphatic heterocycles. The molecule has 0 aromatic heterocycles. The molecule has 0 radical (unpaired) electrons. The molecule has 0 saturated carbocycles. The second kappa shape index (κ2) is 22.8. The van der Waals surface area contributed by atoms with Gasteiger partial charge in [0.05, 0.1) is 5.69 Å². The fourth-order valence-electron chi connectivity index (χ4n) is 17.9. The minimum absolute atomic E-state index is 0.140. The highest BCUT2D eigenvalue weighted by atomic mass is 32.2. The van der Waals surface area contributed by atoms with Gasteiger partial charge in [0.15, 0.2) is 24.2 Å². The van der Waals surface area contributed by atoms with Crippen molar-refractivity contribution in [3.8, 4) is 11.5 Å². The van der Waals surface area contributed by atoms with Crippen LogP contribution in [0.5, 0.6) is 11.5 Å². The molecule has 0 aliphatic carbocycles. The second-order valence-corrected chi connectivity index (χ2v) is 38.8. The lowest BCUT2D eigenvalue weighted by atomic mass is 9.35. The van der Waals surface area contributed by atoms with Gasteiger partial charge in [0.1, 0.15) is 11.5 Å². The van der Waals surface area contributed by atoms with Gasteiger partial charge >= 0.3 is 0 Å². The van der Waals surface area contributed by atoms with Crippen molar-refractivity contribution in [1.82, 2.24) is 0 Å². The zero-order chi connectivity index (χ0) is 65.2. The van der Waals surface area contributed by atoms with Crippen molar-refractivity contribution in [3.63, 3.8) is 0 Å². The first kappa shape index (κ1) is 57.8. The van der Waals surface area contributed by atoms with Crippen LogP contribution in [0.3, 0.4) is 0 Å². The van der Waals surface area contributed by atoms with Crippen LogP contribution in [0.15, 0.2) is 386 Å². The van der Waals surface area contributed by atoms with E-state index in [-0.39, 0.29) is 6.71 Å². The average molecular weight is 1330 g/mol. The fraction of sp³-hybridized carbons (Fsp3) is 0. The number of nitrogens with zero attached hydrogens (tertiary/aromatic N) is 3. The topological polar surface area (TPSA) is 19.0 Å². The van der Waals surface area contributed by atoms with Crippen LogP contribution in [0.25, 0.3) is 0 Å². The molecule has 0 fully saturated rings. The number of fused-ring (bicyclic) bond motifs is 10. The third-order valence-electron chi connectivity index (χ3n) is 21.7. The number of hydrogen-bond acceptors (Lipinski definition) is 5. The minimum atomic E-state index is -2.92. The molecule has 0 atom stereocenters. The molecule has 9 heteroatoms. The molecule has 5 aliphatic rings. The van der Waals surface area contributed by atoms with Gasteiger partial charge in [-0.15, -0.1) is 0 Å². The molecular formula is C90H62BN3OSSi3. The van der Waals surface area contributed by atoms with Gasteiger partial charge in [0, 0.05) is 67.4 Å². The fourth-order valence-corrected chi connectivity index (χ4v) is 34.5. The Kier molecular flexibility index (Phi) is 13.3. The summed E-state index contributed by atoms with van der Waals surface area (Å²) in [4.78, 5) is 10.0. The van der Waals surface area contributed by atoms with Crippen molar-refractivity contribution in [2.24, 2.45) is 0 Å². The Balaban J connectivity index is 0.797. The molecule has 15 aromatic rings. The number of benzene rings is 15. The Hall–Kier alpha value is -11.4. The van der Waals surface area contributed by atoms with Gasteiger partial charge in [-0.1, -0.05) is 321 Å². The monoisotopic (exact) mass is 1330 g/mol. The summed E-state index contributed by atoms with van der Waals surface area (Å²) in [5.74, 6) is 1.72. The Bertz CT molecular complexity index is 5170. The smallest absolute Gasteiger partial charge is 0.253 e. The minimum Gasteiger partial charge on any atom is -0.458 e. The highest BCUT2D eigenvalue weighted by molar-refractivity contribution is 8.00. The van der Waals surface area contributed by atoms with Crippen LogP contribution in [0, 0.1) is 0 Å². The predicted molar refractivity (Wildman–Crippen MR) is 424 cm³/mol. The van der Waals surface area contributed by atoms with Crippen molar-refractivity contribution in [2.75, 3.05) is 14.7 Å². The van der Waals surface area contributed by atoms with E-state index in [0.717, 1.165) is 34.0 Å². The second-order valence-electron chi connectivity index (χ2n) is 26.5. The lowest BCUT2D eigenvalue weighted by Crippen LogP contribution is -2.77. The van der Waals surface area contributed by atoms with Gasteiger partial charge < -0.3 is 19.4 Å². The van der Waals surface area contributed by atoms with Crippen LogP contribution < -0.4 is 98.1 Å². The first-order chi connectivity index (χ1) is 49.1. The maximum Gasteiger partial charge on any atom is 0.253 e. The summed E-state index contributed by atoms with van der Waals surface area (Å²) >= 11 is 1.88.